The van der Waals surface area contributed by atoms with E-state index in [1.54, 1.807) is 19.1 Å². The van der Waals surface area contributed by atoms with Crippen LogP contribution in [0.5, 0.6) is 11.5 Å². The highest BCUT2D eigenvalue weighted by atomic mass is 16.6. The Hall–Kier alpha value is -5.36. The zero-order chi connectivity index (χ0) is 54.0. The van der Waals surface area contributed by atoms with Gasteiger partial charge in [-0.3, -0.25) is 14.4 Å². The Morgan fingerprint density at radius 1 is 0.737 bits per heavy atom. The normalized spacial score (nSPS) is 27.3. The lowest BCUT2D eigenvalue weighted by molar-refractivity contribution is -0.153. The summed E-state index contributed by atoms with van der Waals surface area (Å²) in [5, 5.41) is 3.00. The first-order valence-electron chi connectivity index (χ1n) is 29.0. The number of methoxy groups -OCH3 is 2. The fraction of sp³-hybridized carbons (Fsp3) is 0.625. The van der Waals surface area contributed by atoms with Crippen LogP contribution in [0.4, 0.5) is 4.79 Å². The van der Waals surface area contributed by atoms with Crippen molar-refractivity contribution in [3.8, 4) is 11.5 Å². The van der Waals surface area contributed by atoms with Crippen LogP contribution in [0.2, 0.25) is 0 Å². The van der Waals surface area contributed by atoms with E-state index in [2.05, 4.69) is 46.0 Å². The third kappa shape index (κ3) is 12.8. The standard InChI is InChI=1S/C64H89N3O9/c1-43(2)15-14-16-44(3)54-30-31-55-53-29-24-49-39-52(34-36-62(49,4)56(53)35-37-63(54,55)5)75-61(71)66-38-13-9-12-19-59(69)67-40-45(57(41-67)76-60(70)33-32-58(65)68)42-74-64(46-17-10-8-11-18-46,47-20-25-50(72-6)26-21-47)48-22-27-51(73-7)28-23-48/h8,10-11,17-18,20-28,43-45,52-57H,9,12-16,19,29-42H2,1-7H3,(H2,65,68)(H,66,71)/t44?,45?,52?,53?,54?,55?,56?,57?,62-,63+/m0/s1. The van der Waals surface area contributed by atoms with Gasteiger partial charge in [0.15, 0.2) is 0 Å². The summed E-state index contributed by atoms with van der Waals surface area (Å²) in [5.74, 6) is 4.60. The van der Waals surface area contributed by atoms with Crippen molar-refractivity contribution in [2.75, 3.05) is 40.5 Å². The smallest absolute Gasteiger partial charge is 0.407 e. The summed E-state index contributed by atoms with van der Waals surface area (Å²) in [6.07, 6.45) is 17.1. The lowest BCUT2D eigenvalue weighted by Crippen LogP contribution is -2.51. The number of primary amides is 1. The number of benzene rings is 3. The van der Waals surface area contributed by atoms with Gasteiger partial charge in [0, 0.05) is 38.3 Å². The molecule has 8 rings (SSSR count). The van der Waals surface area contributed by atoms with Gasteiger partial charge in [-0.05, 0) is 145 Å². The first kappa shape index (κ1) is 56.8. The fourth-order valence-corrected chi connectivity index (χ4v) is 15.0. The molecule has 1 saturated heterocycles. The number of amides is 3. The zero-order valence-electron chi connectivity index (χ0n) is 46.8. The molecule has 8 unspecified atom stereocenters. The molecule has 5 aliphatic rings. The molecule has 0 radical (unpaired) electrons. The van der Waals surface area contributed by atoms with Crippen molar-refractivity contribution in [2.24, 2.45) is 58.0 Å². The van der Waals surface area contributed by atoms with E-state index in [-0.39, 0.29) is 55.4 Å². The van der Waals surface area contributed by atoms with Gasteiger partial charge in [0.1, 0.15) is 29.3 Å². The van der Waals surface area contributed by atoms with Crippen molar-refractivity contribution >= 4 is 23.9 Å². The van der Waals surface area contributed by atoms with Crippen molar-refractivity contribution in [3.63, 3.8) is 0 Å². The maximum Gasteiger partial charge on any atom is 0.407 e. The quantitative estimate of drug-likeness (QED) is 0.0386. The van der Waals surface area contributed by atoms with Gasteiger partial charge in [0.25, 0.3) is 0 Å². The molecule has 3 N–H and O–H groups in total. The molecule has 0 spiro atoms. The minimum atomic E-state index is -1.12. The van der Waals surface area contributed by atoms with Crippen molar-refractivity contribution < 1.29 is 42.9 Å². The van der Waals surface area contributed by atoms with Crippen LogP contribution in [0, 0.1) is 52.3 Å². The number of hydrogen-bond acceptors (Lipinski definition) is 9. The number of hydrogen-bond donors (Lipinski definition) is 2. The molecule has 10 atom stereocenters. The van der Waals surface area contributed by atoms with E-state index >= 15 is 0 Å². The third-order valence-electron chi connectivity index (χ3n) is 19.1. The van der Waals surface area contributed by atoms with Crippen molar-refractivity contribution in [3.05, 3.63) is 107 Å². The van der Waals surface area contributed by atoms with E-state index in [0.29, 0.717) is 49.3 Å². The summed E-state index contributed by atoms with van der Waals surface area (Å²) in [4.78, 5) is 53.5. The van der Waals surface area contributed by atoms with Crippen LogP contribution in [0.15, 0.2) is 90.5 Å². The largest absolute Gasteiger partial charge is 0.497 e. The van der Waals surface area contributed by atoms with E-state index in [9.17, 15) is 19.2 Å². The van der Waals surface area contributed by atoms with Crippen LogP contribution in [0.1, 0.15) is 160 Å². The summed E-state index contributed by atoms with van der Waals surface area (Å²) < 4.78 is 30.3. The lowest BCUT2D eigenvalue weighted by atomic mass is 9.47. The minimum Gasteiger partial charge on any atom is -0.497 e. The van der Waals surface area contributed by atoms with E-state index in [4.69, 9.17) is 29.4 Å². The number of allylic oxidation sites excluding steroid dienone is 1. The maximum absolute atomic E-state index is 13.9. The second kappa shape index (κ2) is 25.4. The fourth-order valence-electron chi connectivity index (χ4n) is 15.0. The zero-order valence-corrected chi connectivity index (χ0v) is 46.8. The number of nitrogens with one attached hydrogen (secondary N) is 1. The van der Waals surface area contributed by atoms with E-state index in [1.165, 1.54) is 56.9 Å². The predicted octanol–water partition coefficient (Wildman–Crippen LogP) is 12.3. The molecule has 414 valence electrons. The van der Waals surface area contributed by atoms with Crippen LogP contribution in [0.25, 0.3) is 0 Å². The highest BCUT2D eigenvalue weighted by Gasteiger charge is 2.59. The van der Waals surface area contributed by atoms with Gasteiger partial charge >= 0.3 is 12.1 Å². The van der Waals surface area contributed by atoms with Gasteiger partial charge < -0.3 is 39.6 Å². The highest BCUT2D eigenvalue weighted by Crippen LogP contribution is 2.67. The van der Waals surface area contributed by atoms with E-state index in [0.717, 1.165) is 77.9 Å². The number of nitrogens with zero attached hydrogens (tertiary/aromatic N) is 1. The first-order valence-corrected chi connectivity index (χ1v) is 29.0. The Labute approximate surface area is 453 Å². The van der Waals surface area contributed by atoms with Gasteiger partial charge in [-0.15, -0.1) is 0 Å². The van der Waals surface area contributed by atoms with Crippen LogP contribution < -0.4 is 20.5 Å². The van der Waals surface area contributed by atoms with Gasteiger partial charge in [0.05, 0.1) is 33.8 Å². The van der Waals surface area contributed by atoms with Gasteiger partial charge in [-0.25, -0.2) is 4.79 Å². The monoisotopic (exact) mass is 1040 g/mol. The number of fused-ring (bicyclic) bond motifs is 5. The molecule has 1 aliphatic heterocycles. The second-order valence-corrected chi connectivity index (χ2v) is 24.2. The SMILES string of the molecule is COc1ccc(C(OCC2CN(C(=O)CCCCCNC(=O)OC3CC[C@@]4(C)C(=CCC5C6CCC(C(C)CCCC(C)C)[C@@]6(C)CCC54)C3)CC2OC(=O)CCC(N)=O)(c2ccccc2)c2ccc(OC)cc2)cc1. The lowest BCUT2D eigenvalue weighted by Gasteiger charge is -2.58. The summed E-state index contributed by atoms with van der Waals surface area (Å²) in [6, 6.07) is 25.5. The van der Waals surface area contributed by atoms with Crippen molar-refractivity contribution in [1.82, 2.24) is 10.2 Å². The molecule has 4 fully saturated rings. The summed E-state index contributed by atoms with van der Waals surface area (Å²) in [5.41, 5.74) is 9.04. The second-order valence-electron chi connectivity index (χ2n) is 24.2. The topological polar surface area (TPSA) is 156 Å². The number of carbonyl (C=O) groups excluding carboxylic acids is 4. The number of likely N-dealkylation sites (tertiary alicyclic amines) is 1. The van der Waals surface area contributed by atoms with Gasteiger partial charge in [-0.2, -0.15) is 0 Å². The Morgan fingerprint density at radius 2 is 1.42 bits per heavy atom. The van der Waals surface area contributed by atoms with Crippen LogP contribution >= 0.6 is 0 Å². The van der Waals surface area contributed by atoms with E-state index in [1.807, 2.05) is 78.9 Å². The van der Waals surface area contributed by atoms with Gasteiger partial charge in [-0.1, -0.05) is 127 Å². The molecule has 3 saturated carbocycles. The Morgan fingerprint density at radius 3 is 2.08 bits per heavy atom. The molecule has 4 aliphatic carbocycles. The molecular weight excluding hydrogens is 955 g/mol. The Bertz CT molecular complexity index is 2390. The number of nitrogens with two attached hydrogens (primary N) is 1. The molecule has 76 heavy (non-hydrogen) atoms. The van der Waals surface area contributed by atoms with Gasteiger partial charge in [0.2, 0.25) is 11.8 Å². The number of rotatable bonds is 24. The highest BCUT2D eigenvalue weighted by molar-refractivity contribution is 5.80. The number of esters is 1. The molecular formula is C64H89N3O9. The number of carbonyl (C=O) groups is 4. The number of alkyl carbamates (subject to hydrolysis) is 1. The van der Waals surface area contributed by atoms with Crippen molar-refractivity contribution in [1.29, 1.82) is 0 Å². The summed E-state index contributed by atoms with van der Waals surface area (Å²) >= 11 is 0. The molecule has 12 nitrogen and oxygen atoms in total. The molecule has 12 heteroatoms. The van der Waals surface area contributed by atoms with Crippen LogP contribution in [-0.4, -0.2) is 81.4 Å². The maximum atomic E-state index is 13.9. The molecule has 3 amide bonds. The predicted molar refractivity (Wildman–Crippen MR) is 296 cm³/mol. The number of ether oxygens (including phenoxy) is 5. The van der Waals surface area contributed by atoms with E-state index < -0.39 is 23.6 Å². The van der Waals surface area contributed by atoms with Crippen molar-refractivity contribution in [2.45, 2.75) is 162 Å². The molecule has 0 bridgehead atoms. The third-order valence-corrected chi connectivity index (χ3v) is 19.1. The summed E-state index contributed by atoms with van der Waals surface area (Å²) in [6.45, 7) is 13.6. The Balaban J connectivity index is 0.827. The average molecular weight is 1040 g/mol. The Kier molecular flexibility index (Phi) is 19.0. The summed E-state index contributed by atoms with van der Waals surface area (Å²) in [7, 11) is 3.25. The molecule has 0 aromatic heterocycles. The van der Waals surface area contributed by atoms with Crippen LogP contribution in [-0.2, 0) is 34.2 Å². The minimum absolute atomic E-state index is 0.0443. The molecule has 1 heterocycles. The molecule has 3 aromatic carbocycles. The average Bonchev–Trinajstić information content (AvgIpc) is 4.01. The number of unbranched alkanes of at least 4 members (excludes halogenated alkanes) is 2. The molecule has 3 aromatic rings. The van der Waals surface area contributed by atoms with Crippen LogP contribution in [0.3, 0.4) is 0 Å². The first-order chi connectivity index (χ1) is 36.6.